The Kier molecular flexibility index (Phi) is 5.28. The molecular formula is C17H29NO3. The first kappa shape index (κ1) is 16.3. The number of ether oxygens (including phenoxy) is 1. The fourth-order valence-corrected chi connectivity index (χ4v) is 3.68. The summed E-state index contributed by atoms with van der Waals surface area (Å²) in [6.45, 7) is 6.42. The molecule has 2 rings (SSSR count). The molecule has 4 heteroatoms. The molecule has 4 nitrogen and oxygen atoms in total. The zero-order valence-electron chi connectivity index (χ0n) is 13.7. The molecule has 1 unspecified atom stereocenters. The molecule has 120 valence electrons. The molecule has 1 aliphatic carbocycles. The van der Waals surface area contributed by atoms with Gasteiger partial charge in [-0.3, -0.25) is 9.59 Å². The molecule has 1 atom stereocenters. The maximum atomic E-state index is 12.4. The van der Waals surface area contributed by atoms with Gasteiger partial charge in [0.05, 0.1) is 6.42 Å². The SMILES string of the molecule is CC(C)(C)OC(=O)CCC(=O)N1CCCC1C1CCCC1. The third-order valence-electron chi connectivity index (χ3n) is 4.53. The first-order chi connectivity index (χ1) is 9.87. The van der Waals surface area contributed by atoms with Gasteiger partial charge in [-0.1, -0.05) is 12.8 Å². The average Bonchev–Trinajstić information content (AvgIpc) is 3.03. The molecule has 0 aromatic rings. The predicted octanol–water partition coefficient (Wildman–Crippen LogP) is 3.29. The Morgan fingerprint density at radius 2 is 1.71 bits per heavy atom. The van der Waals surface area contributed by atoms with Gasteiger partial charge in [0.2, 0.25) is 5.91 Å². The predicted molar refractivity (Wildman–Crippen MR) is 81.8 cm³/mol. The van der Waals surface area contributed by atoms with Crippen molar-refractivity contribution in [1.29, 1.82) is 0 Å². The number of carbonyl (C=O) groups is 2. The molecule has 1 saturated heterocycles. The van der Waals surface area contributed by atoms with Crippen LogP contribution in [0.15, 0.2) is 0 Å². The zero-order chi connectivity index (χ0) is 15.5. The number of hydrogen-bond acceptors (Lipinski definition) is 3. The highest BCUT2D eigenvalue weighted by molar-refractivity contribution is 5.82. The van der Waals surface area contributed by atoms with E-state index >= 15 is 0 Å². The van der Waals surface area contributed by atoms with Crippen molar-refractivity contribution in [1.82, 2.24) is 4.90 Å². The molecule has 1 saturated carbocycles. The van der Waals surface area contributed by atoms with Crippen molar-refractivity contribution in [2.24, 2.45) is 5.92 Å². The van der Waals surface area contributed by atoms with E-state index in [9.17, 15) is 9.59 Å². The van der Waals surface area contributed by atoms with Crippen molar-refractivity contribution < 1.29 is 14.3 Å². The van der Waals surface area contributed by atoms with Crippen LogP contribution in [0.4, 0.5) is 0 Å². The van der Waals surface area contributed by atoms with E-state index in [0.717, 1.165) is 19.4 Å². The third-order valence-corrected chi connectivity index (χ3v) is 4.53. The summed E-state index contributed by atoms with van der Waals surface area (Å²) in [6, 6.07) is 0.429. The number of hydrogen-bond donors (Lipinski definition) is 0. The van der Waals surface area contributed by atoms with E-state index in [0.29, 0.717) is 12.0 Å². The van der Waals surface area contributed by atoms with Crippen LogP contribution in [0.1, 0.15) is 72.1 Å². The monoisotopic (exact) mass is 295 g/mol. The van der Waals surface area contributed by atoms with E-state index in [2.05, 4.69) is 0 Å². The van der Waals surface area contributed by atoms with Gasteiger partial charge in [0.15, 0.2) is 0 Å². The molecule has 0 N–H and O–H groups in total. The molecule has 0 aromatic carbocycles. The molecule has 1 heterocycles. The van der Waals surface area contributed by atoms with Gasteiger partial charge in [-0.05, 0) is 52.4 Å². The van der Waals surface area contributed by atoms with Gasteiger partial charge in [0, 0.05) is 19.0 Å². The minimum absolute atomic E-state index is 0.134. The maximum absolute atomic E-state index is 12.4. The smallest absolute Gasteiger partial charge is 0.306 e. The molecule has 1 aliphatic heterocycles. The minimum atomic E-state index is -0.472. The van der Waals surface area contributed by atoms with Crippen LogP contribution in [0.3, 0.4) is 0 Å². The van der Waals surface area contributed by atoms with Crippen LogP contribution in [-0.4, -0.2) is 35.0 Å². The highest BCUT2D eigenvalue weighted by Gasteiger charge is 2.35. The van der Waals surface area contributed by atoms with Crippen LogP contribution in [0.5, 0.6) is 0 Å². The van der Waals surface area contributed by atoms with Crippen LogP contribution in [-0.2, 0) is 14.3 Å². The molecule has 2 fully saturated rings. The van der Waals surface area contributed by atoms with Gasteiger partial charge in [-0.15, -0.1) is 0 Å². The summed E-state index contributed by atoms with van der Waals surface area (Å²) in [5, 5.41) is 0. The molecule has 21 heavy (non-hydrogen) atoms. The summed E-state index contributed by atoms with van der Waals surface area (Å²) >= 11 is 0. The van der Waals surface area contributed by atoms with E-state index in [4.69, 9.17) is 4.74 Å². The van der Waals surface area contributed by atoms with Crippen molar-refractivity contribution in [2.75, 3.05) is 6.54 Å². The fraction of sp³-hybridized carbons (Fsp3) is 0.882. The normalized spacial score (nSPS) is 23.6. The number of esters is 1. The molecular weight excluding hydrogens is 266 g/mol. The molecule has 2 aliphatic rings. The van der Waals surface area contributed by atoms with Crippen molar-refractivity contribution in [3.63, 3.8) is 0 Å². The lowest BCUT2D eigenvalue weighted by molar-refractivity contribution is -0.156. The Labute approximate surface area is 128 Å². The van der Waals surface area contributed by atoms with Crippen molar-refractivity contribution in [3.8, 4) is 0 Å². The zero-order valence-corrected chi connectivity index (χ0v) is 13.7. The van der Waals surface area contributed by atoms with Crippen LogP contribution >= 0.6 is 0 Å². The van der Waals surface area contributed by atoms with E-state index < -0.39 is 5.60 Å². The standard InChI is InChI=1S/C17H29NO3/c1-17(2,3)21-16(20)11-10-15(19)18-12-6-9-14(18)13-7-4-5-8-13/h13-14H,4-12H2,1-3H3. The summed E-state index contributed by atoms with van der Waals surface area (Å²) in [5.74, 6) is 0.556. The van der Waals surface area contributed by atoms with E-state index in [1.165, 1.54) is 25.7 Å². The number of likely N-dealkylation sites (tertiary alicyclic amines) is 1. The van der Waals surface area contributed by atoms with Crippen LogP contribution in [0.2, 0.25) is 0 Å². The minimum Gasteiger partial charge on any atom is -0.460 e. The van der Waals surface area contributed by atoms with E-state index in [1.807, 2.05) is 25.7 Å². The summed E-state index contributed by atoms with van der Waals surface area (Å²) in [6.07, 6.45) is 7.88. The Bertz CT molecular complexity index is 380. The van der Waals surface area contributed by atoms with Crippen molar-refractivity contribution >= 4 is 11.9 Å². The second-order valence-electron chi connectivity index (χ2n) is 7.43. The molecule has 0 spiro atoms. The summed E-state index contributed by atoms with van der Waals surface area (Å²) in [5.41, 5.74) is -0.472. The van der Waals surface area contributed by atoms with Crippen molar-refractivity contribution in [2.45, 2.75) is 83.8 Å². The van der Waals surface area contributed by atoms with Crippen LogP contribution < -0.4 is 0 Å². The topological polar surface area (TPSA) is 46.6 Å². The highest BCUT2D eigenvalue weighted by atomic mass is 16.6. The largest absolute Gasteiger partial charge is 0.460 e. The second kappa shape index (κ2) is 6.80. The lowest BCUT2D eigenvalue weighted by atomic mass is 9.96. The summed E-state index contributed by atoms with van der Waals surface area (Å²) in [4.78, 5) is 26.2. The van der Waals surface area contributed by atoms with E-state index in [-0.39, 0.29) is 24.7 Å². The van der Waals surface area contributed by atoms with Gasteiger partial charge >= 0.3 is 5.97 Å². The molecule has 1 amide bonds. The van der Waals surface area contributed by atoms with Gasteiger partial charge in [0.1, 0.15) is 5.60 Å². The first-order valence-corrected chi connectivity index (χ1v) is 8.38. The van der Waals surface area contributed by atoms with Crippen molar-refractivity contribution in [3.05, 3.63) is 0 Å². The quantitative estimate of drug-likeness (QED) is 0.748. The van der Waals surface area contributed by atoms with Crippen LogP contribution in [0, 0.1) is 5.92 Å². The van der Waals surface area contributed by atoms with E-state index in [1.54, 1.807) is 0 Å². The Hall–Kier alpha value is -1.06. The fourth-order valence-electron chi connectivity index (χ4n) is 3.68. The number of amides is 1. The first-order valence-electron chi connectivity index (χ1n) is 8.38. The number of rotatable bonds is 4. The second-order valence-corrected chi connectivity index (χ2v) is 7.43. The maximum Gasteiger partial charge on any atom is 0.306 e. The average molecular weight is 295 g/mol. The molecule has 0 bridgehead atoms. The summed E-state index contributed by atoms with van der Waals surface area (Å²) in [7, 11) is 0. The Balaban J connectivity index is 1.80. The highest BCUT2D eigenvalue weighted by Crippen LogP contribution is 2.35. The molecule has 0 aromatic heterocycles. The van der Waals surface area contributed by atoms with Gasteiger partial charge in [-0.2, -0.15) is 0 Å². The lowest BCUT2D eigenvalue weighted by Crippen LogP contribution is -2.39. The lowest BCUT2D eigenvalue weighted by Gasteiger charge is -2.29. The number of nitrogens with zero attached hydrogens (tertiary/aromatic N) is 1. The molecule has 0 radical (unpaired) electrons. The van der Waals surface area contributed by atoms with Crippen LogP contribution in [0.25, 0.3) is 0 Å². The van der Waals surface area contributed by atoms with Gasteiger partial charge in [-0.25, -0.2) is 0 Å². The van der Waals surface area contributed by atoms with Gasteiger partial charge < -0.3 is 9.64 Å². The Morgan fingerprint density at radius 3 is 2.33 bits per heavy atom. The van der Waals surface area contributed by atoms with Gasteiger partial charge in [0.25, 0.3) is 0 Å². The Morgan fingerprint density at radius 1 is 1.05 bits per heavy atom. The number of carbonyl (C=O) groups excluding carboxylic acids is 2. The third kappa shape index (κ3) is 4.72. The summed E-state index contributed by atoms with van der Waals surface area (Å²) < 4.78 is 5.27.